The Hall–Kier alpha value is -2.63. The van der Waals surface area contributed by atoms with Gasteiger partial charge in [0.05, 0.1) is 11.7 Å². The van der Waals surface area contributed by atoms with Crippen molar-refractivity contribution in [1.29, 1.82) is 0 Å². The standard InChI is InChI=1S/C24H26ClN3O2/c1-27-23(30)21(17-18-7-3-2-4-8-18)26-24(27)13-15-28(16-14-24)22(29)12-11-19-9-5-6-10-20(19)25/h2-12,21,26H,13-17H2,1H3. The van der Waals surface area contributed by atoms with E-state index in [1.165, 1.54) is 0 Å². The molecular formula is C24H26ClN3O2. The molecule has 5 nitrogen and oxygen atoms in total. The van der Waals surface area contributed by atoms with Crippen LogP contribution in [-0.2, 0) is 16.0 Å². The summed E-state index contributed by atoms with van der Waals surface area (Å²) in [5.74, 6) is 0.0924. The number of carbonyl (C=O) groups is 2. The van der Waals surface area contributed by atoms with Gasteiger partial charge in [-0.2, -0.15) is 0 Å². The van der Waals surface area contributed by atoms with Gasteiger partial charge in [-0.05, 0) is 29.7 Å². The highest BCUT2D eigenvalue weighted by molar-refractivity contribution is 6.32. The van der Waals surface area contributed by atoms with E-state index in [1.807, 2.05) is 65.4 Å². The number of halogens is 1. The summed E-state index contributed by atoms with van der Waals surface area (Å²) < 4.78 is 0. The van der Waals surface area contributed by atoms with Gasteiger partial charge in [0.2, 0.25) is 11.8 Å². The summed E-state index contributed by atoms with van der Waals surface area (Å²) >= 11 is 6.15. The number of benzene rings is 2. The zero-order valence-corrected chi connectivity index (χ0v) is 17.8. The van der Waals surface area contributed by atoms with E-state index >= 15 is 0 Å². The molecule has 2 aromatic carbocycles. The predicted octanol–water partition coefficient (Wildman–Crippen LogP) is 3.34. The summed E-state index contributed by atoms with van der Waals surface area (Å²) in [6.07, 6.45) is 5.44. The fraction of sp³-hybridized carbons (Fsp3) is 0.333. The minimum atomic E-state index is -0.375. The van der Waals surface area contributed by atoms with E-state index in [2.05, 4.69) is 5.32 Å². The molecule has 2 amide bonds. The van der Waals surface area contributed by atoms with Gasteiger partial charge in [0.15, 0.2) is 0 Å². The lowest BCUT2D eigenvalue weighted by atomic mass is 9.96. The van der Waals surface area contributed by atoms with Gasteiger partial charge in [-0.25, -0.2) is 0 Å². The molecule has 1 atom stereocenters. The van der Waals surface area contributed by atoms with E-state index in [9.17, 15) is 9.59 Å². The third-order valence-corrected chi connectivity index (χ3v) is 6.55. The second-order valence-corrected chi connectivity index (χ2v) is 8.40. The van der Waals surface area contributed by atoms with Gasteiger partial charge >= 0.3 is 0 Å². The van der Waals surface area contributed by atoms with Crippen molar-refractivity contribution in [3.8, 4) is 0 Å². The zero-order valence-electron chi connectivity index (χ0n) is 17.1. The monoisotopic (exact) mass is 423 g/mol. The first-order chi connectivity index (χ1) is 14.5. The van der Waals surface area contributed by atoms with Crippen LogP contribution < -0.4 is 5.32 Å². The van der Waals surface area contributed by atoms with Gasteiger partial charge in [-0.3, -0.25) is 14.9 Å². The van der Waals surface area contributed by atoms with Gasteiger partial charge in [0, 0.05) is 44.1 Å². The van der Waals surface area contributed by atoms with Crippen LogP contribution in [0.25, 0.3) is 6.08 Å². The van der Waals surface area contributed by atoms with Crippen molar-refractivity contribution < 1.29 is 9.59 Å². The quantitative estimate of drug-likeness (QED) is 0.767. The highest BCUT2D eigenvalue weighted by Gasteiger charge is 2.49. The maximum absolute atomic E-state index is 12.8. The molecule has 30 heavy (non-hydrogen) atoms. The molecule has 156 valence electrons. The number of nitrogens with one attached hydrogen (secondary N) is 1. The molecule has 2 aliphatic rings. The number of nitrogens with zero attached hydrogens (tertiary/aromatic N) is 2. The van der Waals surface area contributed by atoms with Crippen molar-refractivity contribution >= 4 is 29.5 Å². The number of carbonyl (C=O) groups excluding carboxylic acids is 2. The average Bonchev–Trinajstić information content (AvgIpc) is 2.99. The first-order valence-electron chi connectivity index (χ1n) is 10.3. The van der Waals surface area contributed by atoms with E-state index < -0.39 is 0 Å². The Labute approximate surface area is 182 Å². The van der Waals surface area contributed by atoms with Gasteiger partial charge < -0.3 is 9.80 Å². The Bertz CT molecular complexity index is 952. The number of amides is 2. The Morgan fingerprint density at radius 2 is 1.80 bits per heavy atom. The normalized spacial score (nSPS) is 21.0. The zero-order chi connectivity index (χ0) is 21.1. The third-order valence-electron chi connectivity index (χ3n) is 6.21. The summed E-state index contributed by atoms with van der Waals surface area (Å²) in [5.41, 5.74) is 1.60. The lowest BCUT2D eigenvalue weighted by molar-refractivity contribution is -0.133. The summed E-state index contributed by atoms with van der Waals surface area (Å²) in [6, 6.07) is 17.3. The molecule has 1 spiro atoms. The molecule has 2 aromatic rings. The number of piperidine rings is 1. The summed E-state index contributed by atoms with van der Waals surface area (Å²) in [4.78, 5) is 29.2. The molecule has 0 saturated carbocycles. The van der Waals surface area contributed by atoms with Crippen LogP contribution in [0.4, 0.5) is 0 Å². The van der Waals surface area contributed by atoms with Crippen LogP contribution in [0.3, 0.4) is 0 Å². The molecule has 0 aliphatic carbocycles. The average molecular weight is 424 g/mol. The molecule has 6 heteroatoms. The minimum Gasteiger partial charge on any atom is -0.339 e. The van der Waals surface area contributed by atoms with Crippen LogP contribution in [0, 0.1) is 0 Å². The van der Waals surface area contributed by atoms with Crippen molar-refractivity contribution in [3.63, 3.8) is 0 Å². The molecule has 2 fully saturated rings. The van der Waals surface area contributed by atoms with Crippen LogP contribution in [0.2, 0.25) is 5.02 Å². The van der Waals surface area contributed by atoms with E-state index in [1.54, 1.807) is 18.2 Å². The lowest BCUT2D eigenvalue weighted by Crippen LogP contribution is -2.58. The van der Waals surface area contributed by atoms with Crippen molar-refractivity contribution in [2.75, 3.05) is 20.1 Å². The number of likely N-dealkylation sites (tertiary alicyclic amines) is 1. The largest absolute Gasteiger partial charge is 0.339 e. The number of hydrogen-bond donors (Lipinski definition) is 1. The summed E-state index contributed by atoms with van der Waals surface area (Å²) in [7, 11) is 1.87. The number of likely N-dealkylation sites (N-methyl/N-ethyl adjacent to an activating group) is 1. The maximum Gasteiger partial charge on any atom is 0.246 e. The Balaban J connectivity index is 1.38. The van der Waals surface area contributed by atoms with Crippen molar-refractivity contribution in [3.05, 3.63) is 76.8 Å². The number of hydrogen-bond acceptors (Lipinski definition) is 3. The minimum absolute atomic E-state index is 0.0300. The van der Waals surface area contributed by atoms with E-state index in [0.29, 0.717) is 37.4 Å². The van der Waals surface area contributed by atoms with E-state index in [0.717, 1.165) is 11.1 Å². The van der Waals surface area contributed by atoms with Crippen molar-refractivity contribution in [2.24, 2.45) is 0 Å². The fourth-order valence-electron chi connectivity index (χ4n) is 4.37. The summed E-state index contributed by atoms with van der Waals surface area (Å²) in [6.45, 7) is 1.21. The van der Waals surface area contributed by atoms with Crippen molar-refractivity contribution in [2.45, 2.75) is 31.0 Å². The number of rotatable bonds is 4. The van der Waals surface area contributed by atoms with Gasteiger partial charge in [0.1, 0.15) is 0 Å². The first kappa shape index (κ1) is 20.6. The van der Waals surface area contributed by atoms with E-state index in [4.69, 9.17) is 11.6 Å². The van der Waals surface area contributed by atoms with Crippen LogP contribution in [0.1, 0.15) is 24.0 Å². The van der Waals surface area contributed by atoms with Crippen LogP contribution in [0.15, 0.2) is 60.7 Å². The van der Waals surface area contributed by atoms with Crippen LogP contribution in [0.5, 0.6) is 0 Å². The van der Waals surface area contributed by atoms with Crippen LogP contribution in [-0.4, -0.2) is 53.5 Å². The molecule has 1 unspecified atom stereocenters. The molecule has 0 aromatic heterocycles. The highest BCUT2D eigenvalue weighted by atomic mass is 35.5. The Morgan fingerprint density at radius 3 is 2.50 bits per heavy atom. The van der Waals surface area contributed by atoms with Gasteiger partial charge in [-0.1, -0.05) is 60.1 Å². The predicted molar refractivity (Wildman–Crippen MR) is 119 cm³/mol. The molecule has 0 bridgehead atoms. The van der Waals surface area contributed by atoms with Gasteiger partial charge in [0.25, 0.3) is 0 Å². The third kappa shape index (κ3) is 4.13. The first-order valence-corrected chi connectivity index (χ1v) is 10.7. The molecule has 2 heterocycles. The second kappa shape index (κ2) is 8.62. The topological polar surface area (TPSA) is 52.7 Å². The fourth-order valence-corrected chi connectivity index (χ4v) is 4.57. The molecule has 1 N–H and O–H groups in total. The SMILES string of the molecule is CN1C(=O)C(Cc2ccccc2)NC12CCN(C(=O)C=Cc1ccccc1Cl)CC2. The molecule has 2 aliphatic heterocycles. The smallest absolute Gasteiger partial charge is 0.246 e. The highest BCUT2D eigenvalue weighted by Crippen LogP contribution is 2.32. The molecule has 0 radical (unpaired) electrons. The second-order valence-electron chi connectivity index (χ2n) is 8.00. The molecule has 2 saturated heterocycles. The van der Waals surface area contributed by atoms with Gasteiger partial charge in [-0.15, -0.1) is 0 Å². The summed E-state index contributed by atoms with van der Waals surface area (Å²) in [5, 5.41) is 4.21. The Morgan fingerprint density at radius 1 is 1.13 bits per heavy atom. The van der Waals surface area contributed by atoms with Crippen molar-refractivity contribution in [1.82, 2.24) is 15.1 Å². The molecule has 4 rings (SSSR count). The lowest BCUT2D eigenvalue weighted by Gasteiger charge is -2.43. The van der Waals surface area contributed by atoms with Crippen LogP contribution >= 0.6 is 11.6 Å². The maximum atomic E-state index is 12.8. The molecular weight excluding hydrogens is 398 g/mol. The Kier molecular flexibility index (Phi) is 5.93. The van der Waals surface area contributed by atoms with E-state index in [-0.39, 0.29) is 23.5 Å².